The number of hydrogen-bond donors (Lipinski definition) is 1. The van der Waals surface area contributed by atoms with Crippen LogP contribution in [0.2, 0.25) is 0 Å². The molecular weight excluding hydrogens is 378 g/mol. The second kappa shape index (κ2) is 10.8. The first kappa shape index (κ1) is 21.8. The minimum Gasteiger partial charge on any atom is -0.450 e. The number of benzene rings is 2. The van der Waals surface area contributed by atoms with Crippen LogP contribution in [0.15, 0.2) is 48.5 Å². The molecule has 0 atom stereocenters. The third-order valence-corrected chi connectivity index (χ3v) is 5.27. The van der Waals surface area contributed by atoms with Gasteiger partial charge in [0.15, 0.2) is 0 Å². The average Bonchev–Trinajstić information content (AvgIpc) is 2.76. The molecule has 6 heteroatoms. The van der Waals surface area contributed by atoms with Crippen LogP contribution in [0.3, 0.4) is 0 Å². The van der Waals surface area contributed by atoms with Gasteiger partial charge in [0, 0.05) is 44.0 Å². The third-order valence-electron chi connectivity index (χ3n) is 5.27. The van der Waals surface area contributed by atoms with Crippen molar-refractivity contribution < 1.29 is 14.3 Å². The Hall–Kier alpha value is -2.86. The Morgan fingerprint density at radius 3 is 2.13 bits per heavy atom. The van der Waals surface area contributed by atoms with Crippen LogP contribution in [-0.4, -0.2) is 54.6 Å². The number of carbonyl (C=O) groups is 2. The molecule has 30 heavy (non-hydrogen) atoms. The molecule has 3 rings (SSSR count). The van der Waals surface area contributed by atoms with Gasteiger partial charge in [-0.3, -0.25) is 9.69 Å². The fourth-order valence-corrected chi connectivity index (χ4v) is 3.57. The molecular formula is C24H31N3O3. The van der Waals surface area contributed by atoms with E-state index in [-0.39, 0.29) is 12.0 Å². The molecule has 2 amide bonds. The van der Waals surface area contributed by atoms with Crippen LogP contribution < -0.4 is 5.32 Å². The molecule has 1 aliphatic rings. The van der Waals surface area contributed by atoms with Crippen LogP contribution in [-0.2, 0) is 17.7 Å². The summed E-state index contributed by atoms with van der Waals surface area (Å²) < 4.78 is 5.06. The van der Waals surface area contributed by atoms with Crippen molar-refractivity contribution in [2.45, 2.75) is 33.2 Å². The molecule has 0 unspecified atom stereocenters. The molecule has 0 aliphatic carbocycles. The molecule has 1 saturated heterocycles. The molecule has 2 aromatic carbocycles. The number of rotatable bonds is 7. The molecule has 0 bridgehead atoms. The molecule has 1 heterocycles. The first-order chi connectivity index (χ1) is 14.6. The van der Waals surface area contributed by atoms with Crippen LogP contribution in [0.1, 0.15) is 41.8 Å². The number of hydrogen-bond acceptors (Lipinski definition) is 4. The van der Waals surface area contributed by atoms with E-state index in [1.807, 2.05) is 43.3 Å². The van der Waals surface area contributed by atoms with Gasteiger partial charge in [-0.1, -0.05) is 37.6 Å². The van der Waals surface area contributed by atoms with Gasteiger partial charge >= 0.3 is 6.09 Å². The molecule has 6 nitrogen and oxygen atoms in total. The van der Waals surface area contributed by atoms with E-state index in [9.17, 15) is 9.59 Å². The highest BCUT2D eigenvalue weighted by Crippen LogP contribution is 2.14. The van der Waals surface area contributed by atoms with E-state index in [0.717, 1.165) is 43.7 Å². The molecule has 1 aliphatic heterocycles. The summed E-state index contributed by atoms with van der Waals surface area (Å²) in [6, 6.07) is 15.7. The van der Waals surface area contributed by atoms with Crippen molar-refractivity contribution >= 4 is 17.7 Å². The zero-order chi connectivity index (χ0) is 21.3. The van der Waals surface area contributed by atoms with Crippen LogP contribution in [0.25, 0.3) is 0 Å². The first-order valence-electron chi connectivity index (χ1n) is 10.7. The topological polar surface area (TPSA) is 61.9 Å². The summed E-state index contributed by atoms with van der Waals surface area (Å²) in [4.78, 5) is 28.4. The molecule has 2 aromatic rings. The van der Waals surface area contributed by atoms with Crippen LogP contribution in [0, 0.1) is 0 Å². The summed E-state index contributed by atoms with van der Waals surface area (Å²) in [7, 11) is 0. The van der Waals surface area contributed by atoms with Crippen molar-refractivity contribution in [1.82, 2.24) is 9.80 Å². The largest absolute Gasteiger partial charge is 0.450 e. The van der Waals surface area contributed by atoms with E-state index in [0.29, 0.717) is 25.3 Å². The predicted octanol–water partition coefficient (Wildman–Crippen LogP) is 4.17. The summed E-state index contributed by atoms with van der Waals surface area (Å²) in [5.41, 5.74) is 3.88. The van der Waals surface area contributed by atoms with Gasteiger partial charge in [0.05, 0.1) is 6.61 Å². The van der Waals surface area contributed by atoms with Gasteiger partial charge in [-0.15, -0.1) is 0 Å². The number of nitrogens with zero attached hydrogens (tertiary/aromatic N) is 2. The number of ether oxygens (including phenoxy) is 1. The minimum absolute atomic E-state index is 0.104. The van der Waals surface area contributed by atoms with Gasteiger partial charge in [0.25, 0.3) is 5.91 Å². The minimum atomic E-state index is -0.229. The zero-order valence-electron chi connectivity index (χ0n) is 17.9. The fourth-order valence-electron chi connectivity index (χ4n) is 3.57. The second-order valence-electron chi connectivity index (χ2n) is 7.56. The lowest BCUT2D eigenvalue weighted by Gasteiger charge is -2.34. The van der Waals surface area contributed by atoms with E-state index in [1.54, 1.807) is 4.90 Å². The van der Waals surface area contributed by atoms with Crippen LogP contribution in [0.4, 0.5) is 10.5 Å². The van der Waals surface area contributed by atoms with Gasteiger partial charge < -0.3 is 15.0 Å². The summed E-state index contributed by atoms with van der Waals surface area (Å²) in [6.45, 7) is 8.17. The molecule has 160 valence electrons. The maximum Gasteiger partial charge on any atom is 0.409 e. The summed E-state index contributed by atoms with van der Waals surface area (Å²) in [6.07, 6.45) is 1.93. The van der Waals surface area contributed by atoms with Crippen LogP contribution >= 0.6 is 0 Å². The van der Waals surface area contributed by atoms with Crippen molar-refractivity contribution in [2.75, 3.05) is 38.1 Å². The summed E-state index contributed by atoms with van der Waals surface area (Å²) in [5, 5.41) is 2.96. The highest BCUT2D eigenvalue weighted by atomic mass is 16.6. The van der Waals surface area contributed by atoms with Gasteiger partial charge in [0.2, 0.25) is 0 Å². The number of carbonyl (C=O) groups excluding carboxylic acids is 2. The highest BCUT2D eigenvalue weighted by molar-refractivity contribution is 6.04. The normalized spacial score (nSPS) is 14.4. The smallest absolute Gasteiger partial charge is 0.409 e. The molecule has 1 fully saturated rings. The summed E-state index contributed by atoms with van der Waals surface area (Å²) in [5.74, 6) is -0.104. The van der Waals surface area contributed by atoms with Gasteiger partial charge in [0.1, 0.15) is 0 Å². The van der Waals surface area contributed by atoms with Gasteiger partial charge in [-0.25, -0.2) is 4.79 Å². The lowest BCUT2D eigenvalue weighted by atomic mass is 10.1. The Bertz CT molecular complexity index is 826. The SMILES string of the molecule is CCCc1ccc(NC(=O)c2ccc(CN3CCN(C(=O)OCC)CC3)cc2)cc1. The Balaban J connectivity index is 1.49. The standard InChI is InChI=1S/C24H31N3O3/c1-3-5-19-8-12-22(13-9-19)25-23(28)21-10-6-20(7-11-21)18-26-14-16-27(17-15-26)24(29)30-4-2/h6-13H,3-5,14-18H2,1-2H3,(H,25,28). The maximum atomic E-state index is 12.5. The summed E-state index contributed by atoms with van der Waals surface area (Å²) >= 11 is 0. The molecule has 0 spiro atoms. The first-order valence-corrected chi connectivity index (χ1v) is 10.7. The zero-order valence-corrected chi connectivity index (χ0v) is 17.9. The molecule has 1 N–H and O–H groups in total. The number of aryl methyl sites for hydroxylation is 1. The van der Waals surface area contributed by atoms with E-state index in [2.05, 4.69) is 29.3 Å². The maximum absolute atomic E-state index is 12.5. The van der Waals surface area contributed by atoms with Crippen molar-refractivity contribution in [2.24, 2.45) is 0 Å². The second-order valence-corrected chi connectivity index (χ2v) is 7.56. The number of piperazine rings is 1. The van der Waals surface area contributed by atoms with E-state index in [4.69, 9.17) is 4.74 Å². The highest BCUT2D eigenvalue weighted by Gasteiger charge is 2.21. The van der Waals surface area contributed by atoms with E-state index >= 15 is 0 Å². The number of anilines is 1. The molecule has 0 saturated carbocycles. The lowest BCUT2D eigenvalue weighted by Crippen LogP contribution is -2.48. The third kappa shape index (κ3) is 6.07. The number of amides is 2. The average molecular weight is 410 g/mol. The van der Waals surface area contributed by atoms with Crippen molar-refractivity contribution in [3.8, 4) is 0 Å². The van der Waals surface area contributed by atoms with E-state index < -0.39 is 0 Å². The van der Waals surface area contributed by atoms with Crippen LogP contribution in [0.5, 0.6) is 0 Å². The molecule has 0 radical (unpaired) electrons. The van der Waals surface area contributed by atoms with E-state index in [1.165, 1.54) is 5.56 Å². The number of nitrogens with one attached hydrogen (secondary N) is 1. The van der Waals surface area contributed by atoms with Crippen molar-refractivity contribution in [3.63, 3.8) is 0 Å². The van der Waals surface area contributed by atoms with Crippen molar-refractivity contribution in [3.05, 3.63) is 65.2 Å². The Kier molecular flexibility index (Phi) is 7.85. The predicted molar refractivity (Wildman–Crippen MR) is 119 cm³/mol. The van der Waals surface area contributed by atoms with Gasteiger partial charge in [-0.05, 0) is 48.7 Å². The fraction of sp³-hybridized carbons (Fsp3) is 0.417. The Morgan fingerprint density at radius 1 is 0.900 bits per heavy atom. The monoisotopic (exact) mass is 409 g/mol. The van der Waals surface area contributed by atoms with Crippen molar-refractivity contribution in [1.29, 1.82) is 0 Å². The quantitative estimate of drug-likeness (QED) is 0.746. The molecule has 0 aromatic heterocycles. The lowest BCUT2D eigenvalue weighted by molar-refractivity contribution is 0.0778. The van der Waals surface area contributed by atoms with Gasteiger partial charge in [-0.2, -0.15) is 0 Å². The Morgan fingerprint density at radius 2 is 1.53 bits per heavy atom. The Labute approximate surface area is 178 Å².